The van der Waals surface area contributed by atoms with Crippen LogP contribution in [0.5, 0.6) is 0 Å². The average Bonchev–Trinajstić information content (AvgIpc) is 2.83. The van der Waals surface area contributed by atoms with E-state index in [9.17, 15) is 0 Å². The topological polar surface area (TPSA) is 24.9 Å². The lowest BCUT2D eigenvalue weighted by Gasteiger charge is -2.35. The zero-order valence-electron chi connectivity index (χ0n) is 11.4. The third kappa shape index (κ3) is 2.72. The maximum atomic E-state index is 6.34. The Hall–Kier alpha value is -0.800. The molecule has 3 rings (SSSR count). The molecule has 2 nitrogen and oxygen atoms in total. The van der Waals surface area contributed by atoms with Crippen LogP contribution in [-0.2, 0) is 0 Å². The second-order valence-corrected chi connectivity index (χ2v) is 7.50. The second kappa shape index (κ2) is 4.95. The molecule has 1 aromatic carbocycles. The minimum Gasteiger partial charge on any atom is -0.379 e. The number of fused-ring (bicyclic) bond motifs is 1. The molecule has 0 aliphatic heterocycles. The molecule has 0 radical (unpaired) electrons. The Morgan fingerprint density at radius 2 is 2.05 bits per heavy atom. The number of rotatable bonds is 2. The van der Waals surface area contributed by atoms with Crippen molar-refractivity contribution < 1.29 is 0 Å². The fourth-order valence-corrected chi connectivity index (χ4v) is 3.68. The van der Waals surface area contributed by atoms with Crippen molar-refractivity contribution >= 4 is 38.8 Å². The van der Waals surface area contributed by atoms with Crippen molar-refractivity contribution in [3.8, 4) is 0 Å². The van der Waals surface area contributed by atoms with Crippen LogP contribution in [0.3, 0.4) is 0 Å². The lowest BCUT2D eigenvalue weighted by Crippen LogP contribution is -2.30. The van der Waals surface area contributed by atoms with Crippen LogP contribution in [0.1, 0.15) is 39.5 Å². The van der Waals surface area contributed by atoms with Gasteiger partial charge in [-0.15, -0.1) is 11.3 Å². The molecular formula is C15H19ClN2S. The lowest BCUT2D eigenvalue weighted by atomic mass is 9.75. The minimum absolute atomic E-state index is 0.495. The molecule has 0 saturated heterocycles. The highest BCUT2D eigenvalue weighted by atomic mass is 35.5. The van der Waals surface area contributed by atoms with E-state index in [-0.39, 0.29) is 0 Å². The Bertz CT molecular complexity index is 581. The molecule has 0 amide bonds. The summed E-state index contributed by atoms with van der Waals surface area (Å²) >= 11 is 8.00. The highest BCUT2D eigenvalue weighted by Crippen LogP contribution is 2.38. The van der Waals surface area contributed by atoms with Crippen LogP contribution in [0.25, 0.3) is 10.2 Å². The Balaban J connectivity index is 1.82. The second-order valence-electron chi connectivity index (χ2n) is 6.20. The zero-order chi connectivity index (χ0) is 13.5. The molecule has 2 aromatic rings. The van der Waals surface area contributed by atoms with Gasteiger partial charge in [-0.3, -0.25) is 0 Å². The third-order valence-electron chi connectivity index (χ3n) is 4.14. The molecule has 0 atom stereocenters. The quantitative estimate of drug-likeness (QED) is 0.809. The molecule has 1 aromatic heterocycles. The van der Waals surface area contributed by atoms with E-state index in [2.05, 4.69) is 24.1 Å². The van der Waals surface area contributed by atoms with Gasteiger partial charge in [0.15, 0.2) is 0 Å². The summed E-state index contributed by atoms with van der Waals surface area (Å²) in [4.78, 5) is 4.45. The Morgan fingerprint density at radius 1 is 1.32 bits per heavy atom. The molecule has 4 heteroatoms. The molecule has 1 aliphatic rings. The smallest absolute Gasteiger partial charge is 0.106 e. The molecule has 1 aliphatic carbocycles. The summed E-state index contributed by atoms with van der Waals surface area (Å²) in [5, 5.41) is 4.41. The molecule has 19 heavy (non-hydrogen) atoms. The summed E-state index contributed by atoms with van der Waals surface area (Å²) in [6.45, 7) is 4.72. The number of hydrogen-bond donors (Lipinski definition) is 1. The van der Waals surface area contributed by atoms with Gasteiger partial charge in [-0.25, -0.2) is 4.98 Å². The molecule has 0 bridgehead atoms. The summed E-state index contributed by atoms with van der Waals surface area (Å²) in [5.41, 5.74) is 4.41. The van der Waals surface area contributed by atoms with Crippen LogP contribution in [0.4, 0.5) is 5.69 Å². The van der Waals surface area contributed by atoms with Gasteiger partial charge in [-0.2, -0.15) is 0 Å². The molecule has 1 saturated carbocycles. The van der Waals surface area contributed by atoms with Gasteiger partial charge in [0.1, 0.15) is 5.52 Å². The van der Waals surface area contributed by atoms with Crippen molar-refractivity contribution in [2.45, 2.75) is 45.6 Å². The Kier molecular flexibility index (Phi) is 3.44. The SMILES string of the molecule is CC1(C)CCC(Nc2c(Cl)ccc3scnc23)CC1. The average molecular weight is 295 g/mol. The van der Waals surface area contributed by atoms with Gasteiger partial charge < -0.3 is 5.32 Å². The molecule has 0 spiro atoms. The van der Waals surface area contributed by atoms with Crippen LogP contribution < -0.4 is 5.32 Å². The molecule has 0 unspecified atom stereocenters. The van der Waals surface area contributed by atoms with Crippen molar-refractivity contribution in [3.63, 3.8) is 0 Å². The summed E-state index contributed by atoms with van der Waals surface area (Å²) in [7, 11) is 0. The number of aromatic nitrogens is 1. The normalized spacial score (nSPS) is 19.7. The van der Waals surface area contributed by atoms with Gasteiger partial charge in [0.2, 0.25) is 0 Å². The predicted octanol–water partition coefficient (Wildman–Crippen LogP) is 5.33. The van der Waals surface area contributed by atoms with E-state index in [4.69, 9.17) is 11.6 Å². The van der Waals surface area contributed by atoms with Gasteiger partial charge in [0.25, 0.3) is 0 Å². The number of nitrogens with one attached hydrogen (secondary N) is 1. The number of halogens is 1. The highest BCUT2D eigenvalue weighted by Gasteiger charge is 2.27. The van der Waals surface area contributed by atoms with E-state index in [1.807, 2.05) is 17.6 Å². The Morgan fingerprint density at radius 3 is 2.79 bits per heavy atom. The van der Waals surface area contributed by atoms with Gasteiger partial charge in [0.05, 0.1) is 20.9 Å². The van der Waals surface area contributed by atoms with Gasteiger partial charge >= 0.3 is 0 Å². The zero-order valence-corrected chi connectivity index (χ0v) is 12.9. The first kappa shape index (κ1) is 13.2. The van der Waals surface area contributed by atoms with Crippen LogP contribution in [-0.4, -0.2) is 11.0 Å². The number of thiazole rings is 1. The van der Waals surface area contributed by atoms with Crippen LogP contribution >= 0.6 is 22.9 Å². The maximum Gasteiger partial charge on any atom is 0.106 e. The largest absolute Gasteiger partial charge is 0.379 e. The third-order valence-corrected chi connectivity index (χ3v) is 5.25. The summed E-state index contributed by atoms with van der Waals surface area (Å²) in [5.74, 6) is 0. The first-order valence-corrected chi connectivity index (χ1v) is 8.09. The fourth-order valence-electron chi connectivity index (χ4n) is 2.79. The van der Waals surface area contributed by atoms with E-state index in [0.717, 1.165) is 16.2 Å². The standard InChI is InChI=1S/C15H19ClN2S/c1-15(2)7-5-10(6-8-15)18-13-11(16)3-4-12-14(13)17-9-19-12/h3-4,9-10,18H,5-8H2,1-2H3. The van der Waals surface area contributed by atoms with E-state index >= 15 is 0 Å². The maximum absolute atomic E-state index is 6.34. The molecule has 102 valence electrons. The molecular weight excluding hydrogens is 276 g/mol. The van der Waals surface area contributed by atoms with Crippen LogP contribution in [0.15, 0.2) is 17.6 Å². The van der Waals surface area contributed by atoms with Crippen molar-refractivity contribution in [2.75, 3.05) is 5.32 Å². The predicted molar refractivity (Wildman–Crippen MR) is 84.3 cm³/mol. The molecule has 1 N–H and O–H groups in total. The van der Waals surface area contributed by atoms with Crippen molar-refractivity contribution in [3.05, 3.63) is 22.7 Å². The number of benzene rings is 1. The number of hydrogen-bond acceptors (Lipinski definition) is 3. The minimum atomic E-state index is 0.495. The Labute approximate surface area is 123 Å². The van der Waals surface area contributed by atoms with E-state index in [0.29, 0.717) is 11.5 Å². The fraction of sp³-hybridized carbons (Fsp3) is 0.533. The van der Waals surface area contributed by atoms with Gasteiger partial charge in [-0.05, 0) is 43.2 Å². The van der Waals surface area contributed by atoms with Gasteiger partial charge in [0, 0.05) is 6.04 Å². The van der Waals surface area contributed by atoms with Crippen molar-refractivity contribution in [1.29, 1.82) is 0 Å². The monoisotopic (exact) mass is 294 g/mol. The summed E-state index contributed by atoms with van der Waals surface area (Å²) in [6.07, 6.45) is 4.97. The van der Waals surface area contributed by atoms with Gasteiger partial charge in [-0.1, -0.05) is 25.4 Å². The number of anilines is 1. The van der Waals surface area contributed by atoms with Crippen LogP contribution in [0, 0.1) is 5.41 Å². The van der Waals surface area contributed by atoms with Crippen molar-refractivity contribution in [1.82, 2.24) is 4.98 Å². The molecule has 1 heterocycles. The summed E-state index contributed by atoms with van der Waals surface area (Å²) in [6, 6.07) is 4.54. The first-order valence-electron chi connectivity index (χ1n) is 6.83. The van der Waals surface area contributed by atoms with E-state index in [1.165, 1.54) is 30.4 Å². The van der Waals surface area contributed by atoms with Crippen LogP contribution in [0.2, 0.25) is 5.02 Å². The van der Waals surface area contributed by atoms with E-state index < -0.39 is 0 Å². The first-order chi connectivity index (χ1) is 9.05. The lowest BCUT2D eigenvalue weighted by molar-refractivity contribution is 0.232. The summed E-state index contributed by atoms with van der Waals surface area (Å²) < 4.78 is 1.20. The van der Waals surface area contributed by atoms with E-state index in [1.54, 1.807) is 11.3 Å². The molecule has 1 fully saturated rings. The van der Waals surface area contributed by atoms with Crippen molar-refractivity contribution in [2.24, 2.45) is 5.41 Å². The highest BCUT2D eigenvalue weighted by molar-refractivity contribution is 7.16. The number of nitrogens with zero attached hydrogens (tertiary/aromatic N) is 1.